The molecule has 3 heterocycles. The smallest absolute Gasteiger partial charge is 0.398 e. The highest BCUT2D eigenvalue weighted by Crippen LogP contribution is 2.57. The lowest BCUT2D eigenvalue weighted by atomic mass is 9.64. The largest absolute Gasteiger partial charge is 0.450 e. The number of hydrogen-bond acceptors (Lipinski definition) is 6. The summed E-state index contributed by atoms with van der Waals surface area (Å²) in [5.41, 5.74) is -2.44. The highest BCUT2D eigenvalue weighted by molar-refractivity contribution is 7.80. The first kappa shape index (κ1) is 35.5. The summed E-state index contributed by atoms with van der Waals surface area (Å²) in [6.45, 7) is 8.30. The summed E-state index contributed by atoms with van der Waals surface area (Å²) in [7, 11) is -1.41. The number of aliphatic hydroxyl groups excluding tert-OH is 1. The molecule has 1 aliphatic heterocycles. The molecule has 0 amide bonds. The number of pyridine rings is 1. The van der Waals surface area contributed by atoms with Crippen LogP contribution in [0.25, 0.3) is 11.0 Å². The van der Waals surface area contributed by atoms with Crippen molar-refractivity contribution in [2.75, 3.05) is 38.3 Å². The summed E-state index contributed by atoms with van der Waals surface area (Å²) >= 11 is 5.31. The standard InChI is InChI=1S/C32H41F5N4O4SSi/c1-47(2,3)14-13-44-20-41-17-22(31(6-4-7-31)32(35,36)37)26-25(5-10-38-28(26)41)45-27-23(33)15-21(16-24(27)34)40-29(46)39-18-30(19-42)8-11-43-12-9-30/h5,10,15-17,42H,4,6-9,11-14,18-20H2,1-3H3,(H2,39,40,46). The summed E-state index contributed by atoms with van der Waals surface area (Å²) in [5, 5.41) is 15.8. The van der Waals surface area contributed by atoms with Crippen LogP contribution in [0.15, 0.2) is 30.6 Å². The van der Waals surface area contributed by atoms with E-state index in [-0.39, 0.29) is 59.3 Å². The normalized spacial score (nSPS) is 17.7. The van der Waals surface area contributed by atoms with E-state index in [9.17, 15) is 18.3 Å². The van der Waals surface area contributed by atoms with Gasteiger partial charge in [0.15, 0.2) is 22.5 Å². The first-order valence-corrected chi connectivity index (χ1v) is 19.8. The van der Waals surface area contributed by atoms with E-state index >= 15 is 8.78 Å². The zero-order valence-corrected chi connectivity index (χ0v) is 28.6. The fourth-order valence-electron chi connectivity index (χ4n) is 5.99. The van der Waals surface area contributed by atoms with E-state index in [2.05, 4.69) is 35.3 Å². The van der Waals surface area contributed by atoms with Gasteiger partial charge in [0.25, 0.3) is 0 Å². The van der Waals surface area contributed by atoms with Gasteiger partial charge in [-0.2, -0.15) is 13.2 Å². The van der Waals surface area contributed by atoms with Crippen LogP contribution < -0.4 is 15.4 Å². The predicted octanol–water partition coefficient (Wildman–Crippen LogP) is 7.48. The molecule has 0 atom stereocenters. The third kappa shape index (κ3) is 7.74. The van der Waals surface area contributed by atoms with Crippen LogP contribution in [-0.4, -0.2) is 67.0 Å². The van der Waals surface area contributed by atoms with Crippen molar-refractivity contribution >= 4 is 42.1 Å². The van der Waals surface area contributed by atoms with Crippen LogP contribution in [0.1, 0.15) is 37.7 Å². The van der Waals surface area contributed by atoms with Crippen molar-refractivity contribution in [1.82, 2.24) is 14.9 Å². The molecular formula is C32H41F5N4O4SSi. The van der Waals surface area contributed by atoms with Crippen LogP contribution in [0.2, 0.25) is 25.7 Å². The first-order valence-electron chi connectivity index (χ1n) is 15.7. The number of anilines is 1. The van der Waals surface area contributed by atoms with Gasteiger partial charge in [0.2, 0.25) is 0 Å². The molecule has 258 valence electrons. The molecule has 0 radical (unpaired) electrons. The first-order chi connectivity index (χ1) is 22.2. The monoisotopic (exact) mass is 700 g/mol. The molecule has 3 N–H and O–H groups in total. The lowest BCUT2D eigenvalue weighted by Gasteiger charge is -2.43. The third-order valence-electron chi connectivity index (χ3n) is 9.19. The number of hydrogen-bond donors (Lipinski definition) is 3. The Labute approximate surface area is 277 Å². The Kier molecular flexibility index (Phi) is 10.5. The lowest BCUT2D eigenvalue weighted by Crippen LogP contribution is -2.47. The quantitative estimate of drug-likeness (QED) is 0.0776. The summed E-state index contributed by atoms with van der Waals surface area (Å²) in [6.07, 6.45) is -0.424. The Morgan fingerprint density at radius 1 is 1.13 bits per heavy atom. The van der Waals surface area contributed by atoms with E-state index < -0.39 is 42.5 Å². The average Bonchev–Trinajstić information content (AvgIpc) is 3.34. The van der Waals surface area contributed by atoms with E-state index in [1.807, 2.05) is 0 Å². The number of ether oxygens (including phenoxy) is 3. The Morgan fingerprint density at radius 3 is 2.38 bits per heavy atom. The molecule has 1 saturated heterocycles. The maximum Gasteiger partial charge on any atom is 0.398 e. The molecule has 0 unspecified atom stereocenters. The molecule has 8 nitrogen and oxygen atoms in total. The SMILES string of the molecule is C[Si](C)(C)CCOCn1cc(C2(C(F)(F)F)CCC2)c2c(Oc3c(F)cc(NC(=S)NCC4(CO)CCOCC4)cc3F)ccnc21. The fraction of sp³-hybridized carbons (Fsp3) is 0.562. The zero-order valence-electron chi connectivity index (χ0n) is 26.7. The molecule has 2 aliphatic rings. The van der Waals surface area contributed by atoms with Gasteiger partial charge in [0.05, 0.1) is 17.4 Å². The second-order valence-electron chi connectivity index (χ2n) is 13.8. The maximum absolute atomic E-state index is 15.4. The molecule has 1 aromatic carbocycles. The van der Waals surface area contributed by atoms with Crippen LogP contribution in [0, 0.1) is 17.0 Å². The molecule has 0 bridgehead atoms. The van der Waals surface area contributed by atoms with E-state index in [1.54, 1.807) is 0 Å². The van der Waals surface area contributed by atoms with Crippen LogP contribution in [0.3, 0.4) is 0 Å². The van der Waals surface area contributed by atoms with E-state index in [0.29, 0.717) is 45.6 Å². The van der Waals surface area contributed by atoms with Crippen molar-refractivity contribution < 1.29 is 41.3 Å². The number of thiocarbonyl (C=S) groups is 1. The van der Waals surface area contributed by atoms with Crippen LogP contribution in [-0.2, 0) is 21.6 Å². The molecular weight excluding hydrogens is 660 g/mol. The van der Waals surface area contributed by atoms with Crippen molar-refractivity contribution in [3.05, 3.63) is 47.8 Å². The molecule has 0 spiro atoms. The van der Waals surface area contributed by atoms with Gasteiger partial charge in [-0.3, -0.25) is 0 Å². The number of benzene rings is 1. The molecule has 15 heteroatoms. The van der Waals surface area contributed by atoms with E-state index in [0.717, 1.165) is 18.2 Å². The topological polar surface area (TPSA) is 89.8 Å². The van der Waals surface area contributed by atoms with Gasteiger partial charge in [-0.05, 0) is 55.6 Å². The van der Waals surface area contributed by atoms with E-state index in [4.69, 9.17) is 26.4 Å². The Morgan fingerprint density at radius 2 is 1.81 bits per heavy atom. The van der Waals surface area contributed by atoms with Gasteiger partial charge in [0.1, 0.15) is 18.1 Å². The van der Waals surface area contributed by atoms with Gasteiger partial charge < -0.3 is 34.5 Å². The van der Waals surface area contributed by atoms with Gasteiger partial charge in [-0.15, -0.1) is 0 Å². The minimum absolute atomic E-state index is 0.00236. The number of halogens is 5. The Hall–Kier alpha value is -2.85. The Bertz CT molecular complexity index is 1560. The van der Waals surface area contributed by atoms with Gasteiger partial charge in [0, 0.05) is 70.1 Å². The number of fused-ring (bicyclic) bond motifs is 1. The summed E-state index contributed by atoms with van der Waals surface area (Å²) in [6, 6.07) is 4.16. The van der Waals surface area contributed by atoms with Crippen LogP contribution >= 0.6 is 12.2 Å². The van der Waals surface area contributed by atoms with Crippen molar-refractivity contribution in [1.29, 1.82) is 0 Å². The molecule has 47 heavy (non-hydrogen) atoms. The van der Waals surface area contributed by atoms with Gasteiger partial charge in [-0.25, -0.2) is 13.8 Å². The van der Waals surface area contributed by atoms with Gasteiger partial charge in [-0.1, -0.05) is 26.1 Å². The lowest BCUT2D eigenvalue weighted by molar-refractivity contribution is -0.212. The van der Waals surface area contributed by atoms with Crippen LogP contribution in [0.5, 0.6) is 11.5 Å². The summed E-state index contributed by atoms with van der Waals surface area (Å²) in [4.78, 5) is 4.34. The number of alkyl halides is 3. The highest BCUT2D eigenvalue weighted by Gasteiger charge is 2.60. The molecule has 1 aliphatic carbocycles. The number of aliphatic hydroxyl groups is 1. The minimum atomic E-state index is -4.56. The molecule has 3 aromatic rings. The number of rotatable bonds is 12. The average molecular weight is 701 g/mol. The molecule has 1 saturated carbocycles. The van der Waals surface area contributed by atoms with Crippen molar-refractivity contribution in [2.24, 2.45) is 5.41 Å². The van der Waals surface area contributed by atoms with Crippen molar-refractivity contribution in [3.8, 4) is 11.5 Å². The second-order valence-corrected chi connectivity index (χ2v) is 19.8. The fourth-order valence-corrected chi connectivity index (χ4v) is 6.93. The number of nitrogens with zero attached hydrogens (tertiary/aromatic N) is 2. The number of aromatic nitrogens is 2. The van der Waals surface area contributed by atoms with Gasteiger partial charge >= 0.3 is 6.18 Å². The van der Waals surface area contributed by atoms with Crippen LogP contribution in [0.4, 0.5) is 27.6 Å². The predicted molar refractivity (Wildman–Crippen MR) is 176 cm³/mol. The Balaban J connectivity index is 1.40. The molecule has 2 aromatic heterocycles. The third-order valence-corrected chi connectivity index (χ3v) is 11.1. The molecule has 5 rings (SSSR count). The minimum Gasteiger partial charge on any atom is -0.450 e. The number of nitrogens with one attached hydrogen (secondary N) is 2. The highest BCUT2D eigenvalue weighted by atomic mass is 32.1. The summed E-state index contributed by atoms with van der Waals surface area (Å²) in [5.74, 6) is -3.09. The summed E-state index contributed by atoms with van der Waals surface area (Å²) < 4.78 is 93.1. The van der Waals surface area contributed by atoms with Crippen molar-refractivity contribution in [2.45, 2.75) is 76.1 Å². The maximum atomic E-state index is 15.4. The van der Waals surface area contributed by atoms with Crippen molar-refractivity contribution in [3.63, 3.8) is 0 Å². The zero-order chi connectivity index (χ0) is 34.0. The van der Waals surface area contributed by atoms with E-state index in [1.165, 1.54) is 23.0 Å². The second kappa shape index (κ2) is 13.9. The molecule has 2 fully saturated rings.